The highest BCUT2D eigenvalue weighted by Gasteiger charge is 2.09. The summed E-state index contributed by atoms with van der Waals surface area (Å²) in [4.78, 5) is 4.67. The molecular weight excluding hydrogens is 290 g/mol. The van der Waals surface area contributed by atoms with Gasteiger partial charge in [0.05, 0.1) is 11.0 Å². The van der Waals surface area contributed by atoms with Crippen LogP contribution >= 0.6 is 15.9 Å². The Bertz CT molecular complexity index is 714. The third-order valence-electron chi connectivity index (χ3n) is 3.01. The van der Waals surface area contributed by atoms with E-state index in [4.69, 9.17) is 5.73 Å². The van der Waals surface area contributed by atoms with Gasteiger partial charge < -0.3 is 10.3 Å². The minimum atomic E-state index is 0.764. The summed E-state index contributed by atoms with van der Waals surface area (Å²) in [5.41, 5.74) is 9.64. The molecule has 18 heavy (non-hydrogen) atoms. The lowest BCUT2D eigenvalue weighted by Gasteiger charge is -2.02. The van der Waals surface area contributed by atoms with Crippen molar-refractivity contribution >= 4 is 32.7 Å². The van der Waals surface area contributed by atoms with Gasteiger partial charge in [-0.3, -0.25) is 0 Å². The molecule has 0 bridgehead atoms. The van der Waals surface area contributed by atoms with E-state index in [1.165, 1.54) is 0 Å². The highest BCUT2D eigenvalue weighted by molar-refractivity contribution is 9.10. The van der Waals surface area contributed by atoms with E-state index >= 15 is 0 Å². The summed E-state index contributed by atoms with van der Waals surface area (Å²) in [6, 6.07) is 13.9. The number of halogens is 1. The molecule has 0 aliphatic carbocycles. The molecule has 0 spiro atoms. The molecule has 0 saturated heterocycles. The fraction of sp³-hybridized carbons (Fsp3) is 0.0714. The number of hydrogen-bond acceptors (Lipinski definition) is 2. The Hall–Kier alpha value is -1.81. The highest BCUT2D eigenvalue weighted by atomic mass is 79.9. The lowest BCUT2D eigenvalue weighted by molar-refractivity contribution is 0.959. The van der Waals surface area contributed by atoms with Gasteiger partial charge in [0, 0.05) is 22.8 Å². The largest absolute Gasteiger partial charge is 0.399 e. The number of imidazole rings is 1. The molecular formula is C14H12BrN3. The van der Waals surface area contributed by atoms with Crippen LogP contribution in [0, 0.1) is 0 Å². The lowest BCUT2D eigenvalue weighted by atomic mass is 10.2. The first-order chi connectivity index (χ1) is 8.65. The van der Waals surface area contributed by atoms with E-state index in [0.717, 1.165) is 32.6 Å². The monoisotopic (exact) mass is 301 g/mol. The van der Waals surface area contributed by atoms with E-state index in [1.807, 2.05) is 43.4 Å². The smallest absolute Gasteiger partial charge is 0.140 e. The van der Waals surface area contributed by atoms with E-state index in [1.54, 1.807) is 0 Å². The Balaban J connectivity index is 2.23. The highest BCUT2D eigenvalue weighted by Crippen LogP contribution is 2.26. The second-order valence-corrected chi connectivity index (χ2v) is 5.17. The van der Waals surface area contributed by atoms with Gasteiger partial charge in [0.2, 0.25) is 0 Å². The maximum Gasteiger partial charge on any atom is 0.140 e. The van der Waals surface area contributed by atoms with Gasteiger partial charge in [0.15, 0.2) is 0 Å². The van der Waals surface area contributed by atoms with Gasteiger partial charge in [-0.25, -0.2) is 4.98 Å². The van der Waals surface area contributed by atoms with Crippen molar-refractivity contribution in [3.05, 3.63) is 46.9 Å². The first kappa shape index (κ1) is 11.3. The summed E-state index contributed by atoms with van der Waals surface area (Å²) in [7, 11) is 2.02. The zero-order valence-electron chi connectivity index (χ0n) is 9.89. The van der Waals surface area contributed by atoms with Gasteiger partial charge in [-0.15, -0.1) is 0 Å². The Labute approximate surface area is 113 Å². The van der Waals surface area contributed by atoms with Crippen molar-refractivity contribution in [3.63, 3.8) is 0 Å². The van der Waals surface area contributed by atoms with Crippen LogP contribution in [0.15, 0.2) is 46.9 Å². The third kappa shape index (κ3) is 1.78. The standard InChI is InChI=1S/C14H12BrN3/c1-18-13-7-4-10(15)8-12(13)17-14(18)9-2-5-11(16)6-3-9/h2-8H,16H2,1H3. The predicted molar refractivity (Wildman–Crippen MR) is 78.3 cm³/mol. The maximum absolute atomic E-state index is 5.70. The maximum atomic E-state index is 5.70. The van der Waals surface area contributed by atoms with Crippen molar-refractivity contribution in [3.8, 4) is 11.4 Å². The van der Waals surface area contributed by atoms with Gasteiger partial charge in [0.1, 0.15) is 5.82 Å². The van der Waals surface area contributed by atoms with E-state index < -0.39 is 0 Å². The number of nitrogens with zero attached hydrogens (tertiary/aromatic N) is 2. The minimum absolute atomic E-state index is 0.764. The number of fused-ring (bicyclic) bond motifs is 1. The molecule has 4 heteroatoms. The van der Waals surface area contributed by atoms with Crippen molar-refractivity contribution < 1.29 is 0 Å². The molecule has 0 saturated carbocycles. The molecule has 2 N–H and O–H groups in total. The van der Waals surface area contributed by atoms with Crippen LogP contribution in [0.25, 0.3) is 22.4 Å². The average Bonchev–Trinajstić information content (AvgIpc) is 2.67. The first-order valence-electron chi connectivity index (χ1n) is 5.63. The van der Waals surface area contributed by atoms with Crippen LogP contribution in [-0.4, -0.2) is 9.55 Å². The van der Waals surface area contributed by atoms with Crippen molar-refractivity contribution in [2.45, 2.75) is 0 Å². The van der Waals surface area contributed by atoms with Gasteiger partial charge in [-0.2, -0.15) is 0 Å². The average molecular weight is 302 g/mol. The summed E-state index contributed by atoms with van der Waals surface area (Å²) < 4.78 is 3.13. The molecule has 3 rings (SSSR count). The Kier molecular flexibility index (Phi) is 2.59. The molecule has 0 aliphatic rings. The van der Waals surface area contributed by atoms with Crippen LogP contribution in [0.1, 0.15) is 0 Å². The quantitative estimate of drug-likeness (QED) is 0.698. The predicted octanol–water partition coefficient (Wildman–Crippen LogP) is 3.59. The second kappa shape index (κ2) is 4.14. The Morgan fingerprint density at radius 2 is 1.83 bits per heavy atom. The fourth-order valence-electron chi connectivity index (χ4n) is 2.06. The summed E-state index contributed by atoms with van der Waals surface area (Å²) in [5.74, 6) is 0.947. The SMILES string of the molecule is Cn1c(-c2ccc(N)cc2)nc2cc(Br)ccc21. The van der Waals surface area contributed by atoms with Gasteiger partial charge in [-0.05, 0) is 42.5 Å². The summed E-state index contributed by atoms with van der Waals surface area (Å²) in [5, 5.41) is 0. The Morgan fingerprint density at radius 3 is 2.56 bits per heavy atom. The summed E-state index contributed by atoms with van der Waals surface area (Å²) in [6.45, 7) is 0. The van der Waals surface area contributed by atoms with Crippen molar-refractivity contribution in [2.24, 2.45) is 7.05 Å². The van der Waals surface area contributed by atoms with Crippen LogP contribution in [-0.2, 0) is 7.05 Å². The minimum Gasteiger partial charge on any atom is -0.399 e. The zero-order valence-corrected chi connectivity index (χ0v) is 11.5. The molecule has 2 aromatic carbocycles. The van der Waals surface area contributed by atoms with Crippen molar-refractivity contribution in [1.82, 2.24) is 9.55 Å². The van der Waals surface area contributed by atoms with Crippen LogP contribution in [0.2, 0.25) is 0 Å². The van der Waals surface area contributed by atoms with Crippen LogP contribution < -0.4 is 5.73 Å². The molecule has 0 aliphatic heterocycles. The number of aromatic nitrogens is 2. The molecule has 1 aromatic heterocycles. The molecule has 1 heterocycles. The molecule has 0 fully saturated rings. The second-order valence-electron chi connectivity index (χ2n) is 4.25. The summed E-state index contributed by atoms with van der Waals surface area (Å²) in [6.07, 6.45) is 0. The number of benzene rings is 2. The Morgan fingerprint density at radius 1 is 1.11 bits per heavy atom. The van der Waals surface area contributed by atoms with Crippen LogP contribution in [0.5, 0.6) is 0 Å². The van der Waals surface area contributed by atoms with Gasteiger partial charge in [-0.1, -0.05) is 15.9 Å². The van der Waals surface area contributed by atoms with Crippen LogP contribution in [0.4, 0.5) is 5.69 Å². The normalized spacial score (nSPS) is 11.0. The van der Waals surface area contributed by atoms with Crippen LogP contribution in [0.3, 0.4) is 0 Å². The molecule has 3 aromatic rings. The number of rotatable bonds is 1. The summed E-state index contributed by atoms with van der Waals surface area (Å²) >= 11 is 3.47. The lowest BCUT2D eigenvalue weighted by Crippen LogP contribution is -1.92. The number of aryl methyl sites for hydroxylation is 1. The molecule has 0 unspecified atom stereocenters. The molecule has 3 nitrogen and oxygen atoms in total. The van der Waals surface area contributed by atoms with Crippen molar-refractivity contribution in [1.29, 1.82) is 0 Å². The van der Waals surface area contributed by atoms with Crippen molar-refractivity contribution in [2.75, 3.05) is 5.73 Å². The van der Waals surface area contributed by atoms with E-state index in [0.29, 0.717) is 0 Å². The number of hydrogen-bond donors (Lipinski definition) is 1. The van der Waals surface area contributed by atoms with E-state index in [9.17, 15) is 0 Å². The molecule has 0 amide bonds. The zero-order chi connectivity index (χ0) is 12.7. The number of anilines is 1. The van der Waals surface area contributed by atoms with Gasteiger partial charge >= 0.3 is 0 Å². The molecule has 0 atom stereocenters. The molecule has 90 valence electrons. The number of nitrogen functional groups attached to an aromatic ring is 1. The third-order valence-corrected chi connectivity index (χ3v) is 3.51. The van der Waals surface area contributed by atoms with E-state index in [-0.39, 0.29) is 0 Å². The topological polar surface area (TPSA) is 43.8 Å². The molecule has 0 radical (unpaired) electrons. The first-order valence-corrected chi connectivity index (χ1v) is 6.42. The van der Waals surface area contributed by atoms with Gasteiger partial charge in [0.25, 0.3) is 0 Å². The van der Waals surface area contributed by atoms with E-state index in [2.05, 4.69) is 31.5 Å². The fourth-order valence-corrected chi connectivity index (χ4v) is 2.41. The number of nitrogens with two attached hydrogens (primary N) is 1.